The van der Waals surface area contributed by atoms with Crippen LogP contribution in [-0.2, 0) is 14.3 Å². The number of esters is 1. The lowest BCUT2D eigenvalue weighted by atomic mass is 10.1. The number of ether oxygens (including phenoxy) is 2. The second kappa shape index (κ2) is 7.77. The number of morpholine rings is 1. The van der Waals surface area contributed by atoms with Crippen LogP contribution in [0.15, 0.2) is 12.1 Å². The van der Waals surface area contributed by atoms with Crippen molar-refractivity contribution in [2.75, 3.05) is 25.0 Å². The second-order valence-electron chi connectivity index (χ2n) is 6.53. The molecule has 0 radical (unpaired) electrons. The van der Waals surface area contributed by atoms with Gasteiger partial charge < -0.3 is 14.8 Å². The highest BCUT2D eigenvalue weighted by Crippen LogP contribution is 2.26. The lowest BCUT2D eigenvalue weighted by molar-refractivity contribution is -0.132. The minimum Gasteiger partial charge on any atom is -0.427 e. The number of hydrogen-bond acceptors (Lipinski definition) is 5. The topological polar surface area (TPSA) is 67.9 Å². The molecule has 6 nitrogen and oxygen atoms in total. The zero-order valence-electron chi connectivity index (χ0n) is 15.0. The van der Waals surface area contributed by atoms with Crippen LogP contribution in [0.5, 0.6) is 5.75 Å². The van der Waals surface area contributed by atoms with Gasteiger partial charge in [-0.1, -0.05) is 0 Å². The molecule has 1 N–H and O–H groups in total. The number of carbonyl (C=O) groups is 2. The van der Waals surface area contributed by atoms with Gasteiger partial charge in [-0.2, -0.15) is 0 Å². The van der Waals surface area contributed by atoms with Crippen molar-refractivity contribution < 1.29 is 19.1 Å². The third-order valence-corrected chi connectivity index (χ3v) is 3.89. The second-order valence-corrected chi connectivity index (χ2v) is 6.53. The summed E-state index contributed by atoms with van der Waals surface area (Å²) in [6.45, 7) is 11.0. The van der Waals surface area contributed by atoms with Crippen molar-refractivity contribution >= 4 is 17.6 Å². The number of carbonyl (C=O) groups excluding carboxylic acids is 2. The summed E-state index contributed by atoms with van der Waals surface area (Å²) < 4.78 is 10.8. The summed E-state index contributed by atoms with van der Waals surface area (Å²) in [6, 6.07) is 3.51. The summed E-state index contributed by atoms with van der Waals surface area (Å²) in [7, 11) is 0. The van der Waals surface area contributed by atoms with Crippen LogP contribution in [0.3, 0.4) is 0 Å². The number of rotatable bonds is 4. The summed E-state index contributed by atoms with van der Waals surface area (Å²) in [6.07, 6.45) is 0.265. The van der Waals surface area contributed by atoms with Crippen LogP contribution < -0.4 is 10.1 Å². The summed E-state index contributed by atoms with van der Waals surface area (Å²) in [5.74, 6) is 0.0789. The fraction of sp³-hybridized carbons (Fsp3) is 0.556. The smallest absolute Gasteiger partial charge is 0.308 e. The fourth-order valence-corrected chi connectivity index (χ4v) is 3.14. The minimum atomic E-state index is -0.360. The van der Waals surface area contributed by atoms with E-state index >= 15 is 0 Å². The molecule has 0 aromatic heterocycles. The molecule has 1 saturated heterocycles. The van der Waals surface area contributed by atoms with Gasteiger partial charge in [-0.05, 0) is 51.0 Å². The highest BCUT2D eigenvalue weighted by molar-refractivity contribution is 5.94. The molecule has 1 aliphatic heterocycles. The number of hydrogen-bond donors (Lipinski definition) is 1. The molecule has 1 amide bonds. The molecule has 0 saturated carbocycles. The average molecular weight is 334 g/mol. The molecule has 1 fully saturated rings. The molecule has 132 valence electrons. The maximum atomic E-state index is 12.4. The van der Waals surface area contributed by atoms with Crippen molar-refractivity contribution in [3.05, 3.63) is 23.3 Å². The Morgan fingerprint density at radius 2 is 1.75 bits per heavy atom. The molecular weight excluding hydrogens is 308 g/mol. The summed E-state index contributed by atoms with van der Waals surface area (Å²) in [4.78, 5) is 25.6. The maximum Gasteiger partial charge on any atom is 0.308 e. The van der Waals surface area contributed by atoms with Gasteiger partial charge in [0.25, 0.3) is 0 Å². The van der Waals surface area contributed by atoms with E-state index in [2.05, 4.69) is 10.2 Å². The van der Waals surface area contributed by atoms with Gasteiger partial charge in [0.15, 0.2) is 0 Å². The summed E-state index contributed by atoms with van der Waals surface area (Å²) in [5.41, 5.74) is 2.50. The van der Waals surface area contributed by atoms with Crippen LogP contribution >= 0.6 is 0 Å². The van der Waals surface area contributed by atoms with Crippen molar-refractivity contribution in [3.8, 4) is 5.75 Å². The van der Waals surface area contributed by atoms with Crippen molar-refractivity contribution in [2.24, 2.45) is 0 Å². The average Bonchev–Trinajstić information content (AvgIpc) is 2.41. The Hall–Kier alpha value is -1.92. The SMILES string of the molecule is CC(=O)Oc1cc(C)c(NC(=O)CN2CC(C)OC(C)C2)c(C)c1. The molecule has 2 rings (SSSR count). The summed E-state index contributed by atoms with van der Waals surface area (Å²) >= 11 is 0. The zero-order chi connectivity index (χ0) is 17.9. The molecule has 1 aromatic carbocycles. The summed E-state index contributed by atoms with van der Waals surface area (Å²) in [5, 5.41) is 2.97. The van der Waals surface area contributed by atoms with Gasteiger partial charge in [0, 0.05) is 25.7 Å². The largest absolute Gasteiger partial charge is 0.427 e. The Morgan fingerprint density at radius 1 is 1.21 bits per heavy atom. The Balaban J connectivity index is 2.02. The molecular formula is C18H26N2O4. The molecule has 24 heavy (non-hydrogen) atoms. The normalized spacial score (nSPS) is 21.4. The Bertz CT molecular complexity index is 596. The monoisotopic (exact) mass is 334 g/mol. The van der Waals surface area contributed by atoms with Gasteiger partial charge in [0.1, 0.15) is 5.75 Å². The highest BCUT2D eigenvalue weighted by Gasteiger charge is 2.24. The Labute approximate surface area is 143 Å². The third kappa shape index (κ3) is 5.04. The first-order chi connectivity index (χ1) is 11.2. The Morgan fingerprint density at radius 3 is 2.25 bits per heavy atom. The first kappa shape index (κ1) is 18.4. The van der Waals surface area contributed by atoms with Gasteiger partial charge in [-0.15, -0.1) is 0 Å². The molecule has 2 unspecified atom stereocenters. The first-order valence-electron chi connectivity index (χ1n) is 8.22. The van der Waals surface area contributed by atoms with Crippen LogP contribution in [0.4, 0.5) is 5.69 Å². The van der Waals surface area contributed by atoms with E-state index in [-0.39, 0.29) is 24.1 Å². The van der Waals surface area contributed by atoms with E-state index in [1.807, 2.05) is 27.7 Å². The first-order valence-corrected chi connectivity index (χ1v) is 8.22. The third-order valence-electron chi connectivity index (χ3n) is 3.89. The van der Waals surface area contributed by atoms with Gasteiger partial charge in [-0.25, -0.2) is 0 Å². The van der Waals surface area contributed by atoms with E-state index in [1.54, 1.807) is 12.1 Å². The number of benzene rings is 1. The Kier molecular flexibility index (Phi) is 5.96. The van der Waals surface area contributed by atoms with Crippen molar-refractivity contribution in [2.45, 2.75) is 46.8 Å². The van der Waals surface area contributed by atoms with Gasteiger partial charge in [0.2, 0.25) is 5.91 Å². The molecule has 1 aliphatic rings. The predicted molar refractivity (Wildman–Crippen MR) is 92.3 cm³/mol. The van der Waals surface area contributed by atoms with E-state index in [0.717, 1.165) is 29.9 Å². The number of nitrogens with zero attached hydrogens (tertiary/aromatic N) is 1. The van der Waals surface area contributed by atoms with E-state index in [9.17, 15) is 9.59 Å². The molecule has 0 bridgehead atoms. The standard InChI is InChI=1S/C18H26N2O4/c1-11-6-16(24-15(5)21)7-12(2)18(11)19-17(22)10-20-8-13(3)23-14(4)9-20/h6-7,13-14H,8-10H2,1-5H3,(H,19,22). The number of nitrogens with one attached hydrogen (secondary N) is 1. The van der Waals surface area contributed by atoms with E-state index < -0.39 is 0 Å². The van der Waals surface area contributed by atoms with E-state index in [4.69, 9.17) is 9.47 Å². The highest BCUT2D eigenvalue weighted by atomic mass is 16.5. The van der Waals surface area contributed by atoms with E-state index in [1.165, 1.54) is 6.92 Å². The molecule has 6 heteroatoms. The minimum absolute atomic E-state index is 0.0530. The fourth-order valence-electron chi connectivity index (χ4n) is 3.14. The van der Waals surface area contributed by atoms with E-state index in [0.29, 0.717) is 12.3 Å². The maximum absolute atomic E-state index is 12.4. The van der Waals surface area contributed by atoms with Crippen LogP contribution in [0.1, 0.15) is 31.9 Å². The quantitative estimate of drug-likeness (QED) is 0.676. The van der Waals surface area contributed by atoms with Gasteiger partial charge in [-0.3, -0.25) is 14.5 Å². The molecule has 1 heterocycles. The van der Waals surface area contributed by atoms with Gasteiger partial charge in [0.05, 0.1) is 18.8 Å². The molecule has 0 aliphatic carbocycles. The number of amides is 1. The van der Waals surface area contributed by atoms with Crippen LogP contribution in [0.25, 0.3) is 0 Å². The predicted octanol–water partition coefficient (Wildman–Crippen LogP) is 2.28. The van der Waals surface area contributed by atoms with Crippen molar-refractivity contribution in [3.63, 3.8) is 0 Å². The zero-order valence-corrected chi connectivity index (χ0v) is 15.0. The number of aryl methyl sites for hydroxylation is 2. The van der Waals surface area contributed by atoms with Crippen molar-refractivity contribution in [1.29, 1.82) is 0 Å². The molecule has 0 spiro atoms. The van der Waals surface area contributed by atoms with Gasteiger partial charge >= 0.3 is 5.97 Å². The lowest BCUT2D eigenvalue weighted by Crippen LogP contribution is -2.48. The molecule has 1 aromatic rings. The lowest BCUT2D eigenvalue weighted by Gasteiger charge is -2.34. The van der Waals surface area contributed by atoms with Crippen molar-refractivity contribution in [1.82, 2.24) is 4.90 Å². The van der Waals surface area contributed by atoms with Crippen LogP contribution in [0.2, 0.25) is 0 Å². The van der Waals surface area contributed by atoms with Crippen LogP contribution in [-0.4, -0.2) is 48.6 Å². The molecule has 2 atom stereocenters. The number of anilines is 1. The van der Waals surface area contributed by atoms with Crippen LogP contribution in [0, 0.1) is 13.8 Å².